The highest BCUT2D eigenvalue weighted by Gasteiger charge is 2.08. The largest absolute Gasteiger partial charge is 0.326 e. The van der Waals surface area contributed by atoms with E-state index >= 15 is 0 Å². The van der Waals surface area contributed by atoms with Crippen LogP contribution in [-0.2, 0) is 9.59 Å². The Kier molecular flexibility index (Phi) is 6.96. The molecule has 26 heavy (non-hydrogen) atoms. The van der Waals surface area contributed by atoms with Crippen molar-refractivity contribution in [3.63, 3.8) is 0 Å². The summed E-state index contributed by atoms with van der Waals surface area (Å²) in [6.45, 7) is 7.98. The van der Waals surface area contributed by atoms with Gasteiger partial charge in [0.05, 0.1) is 0 Å². The van der Waals surface area contributed by atoms with Crippen LogP contribution in [-0.4, -0.2) is 11.8 Å². The van der Waals surface area contributed by atoms with Crippen LogP contribution >= 0.6 is 0 Å². The summed E-state index contributed by atoms with van der Waals surface area (Å²) >= 11 is 0. The predicted molar refractivity (Wildman–Crippen MR) is 108 cm³/mol. The Morgan fingerprint density at radius 3 is 1.42 bits per heavy atom. The predicted octanol–water partition coefficient (Wildman–Crippen LogP) is 5.45. The Morgan fingerprint density at radius 1 is 0.731 bits per heavy atom. The molecule has 4 nitrogen and oxygen atoms in total. The number of rotatable bonds is 7. The van der Waals surface area contributed by atoms with Crippen molar-refractivity contribution in [2.75, 3.05) is 10.6 Å². The maximum absolute atomic E-state index is 11.8. The molecule has 0 saturated heterocycles. The van der Waals surface area contributed by atoms with Gasteiger partial charge in [-0.2, -0.15) is 0 Å². The first-order valence-electron chi connectivity index (χ1n) is 9.26. The highest BCUT2D eigenvalue weighted by atomic mass is 16.2. The van der Waals surface area contributed by atoms with Crippen LogP contribution in [0.2, 0.25) is 0 Å². The Bertz CT molecular complexity index is 729. The van der Waals surface area contributed by atoms with Crippen LogP contribution in [0.1, 0.15) is 50.7 Å². The van der Waals surface area contributed by atoms with Gasteiger partial charge in [-0.25, -0.2) is 0 Å². The van der Waals surface area contributed by atoms with Crippen molar-refractivity contribution in [1.29, 1.82) is 0 Å². The molecule has 4 heteroatoms. The fourth-order valence-electron chi connectivity index (χ4n) is 2.85. The first-order valence-corrected chi connectivity index (χ1v) is 9.26. The summed E-state index contributed by atoms with van der Waals surface area (Å²) < 4.78 is 0. The van der Waals surface area contributed by atoms with Crippen LogP contribution in [0.3, 0.4) is 0 Å². The summed E-state index contributed by atoms with van der Waals surface area (Å²) in [5.74, 6) is 0.0951. The topological polar surface area (TPSA) is 58.2 Å². The van der Waals surface area contributed by atoms with E-state index in [2.05, 4.69) is 22.8 Å². The minimum absolute atomic E-state index is 0.0476. The molecule has 0 fully saturated rings. The minimum atomic E-state index is 0.0476. The van der Waals surface area contributed by atoms with E-state index in [0.29, 0.717) is 12.8 Å². The third-order valence-electron chi connectivity index (χ3n) is 4.29. The second-order valence-electron chi connectivity index (χ2n) is 6.66. The lowest BCUT2D eigenvalue weighted by Gasteiger charge is -2.13. The molecule has 0 heterocycles. The zero-order valence-corrected chi connectivity index (χ0v) is 16.1. The van der Waals surface area contributed by atoms with E-state index in [1.54, 1.807) is 0 Å². The number of hydrogen-bond donors (Lipinski definition) is 2. The van der Waals surface area contributed by atoms with Gasteiger partial charge in [0, 0.05) is 24.2 Å². The Morgan fingerprint density at radius 2 is 1.12 bits per heavy atom. The molecule has 0 aliphatic rings. The molecule has 2 rings (SSSR count). The summed E-state index contributed by atoms with van der Waals surface area (Å²) in [6, 6.07) is 12.1. The standard InChI is InChI=1S/C22H28N2O2/c1-5-7-21(25)23-19-11-9-17(13-15(19)3)18-10-12-20(16(4)14-18)24-22(26)8-6-2/h9-14H,5-8H2,1-4H3,(H,23,25)(H,24,26). The van der Waals surface area contributed by atoms with Crippen LogP contribution in [0.4, 0.5) is 11.4 Å². The van der Waals surface area contributed by atoms with Gasteiger partial charge < -0.3 is 10.6 Å². The van der Waals surface area contributed by atoms with Crippen molar-refractivity contribution in [2.24, 2.45) is 0 Å². The molecule has 2 aromatic carbocycles. The highest BCUT2D eigenvalue weighted by Crippen LogP contribution is 2.28. The molecule has 0 aromatic heterocycles. The maximum atomic E-state index is 11.8. The van der Waals surface area contributed by atoms with Gasteiger partial charge in [0.2, 0.25) is 11.8 Å². The SMILES string of the molecule is CCCC(=O)Nc1ccc(-c2ccc(NC(=O)CCC)c(C)c2)cc1C. The molecule has 0 aliphatic carbocycles. The molecule has 0 atom stereocenters. The number of benzene rings is 2. The van der Waals surface area contributed by atoms with E-state index < -0.39 is 0 Å². The molecular formula is C22H28N2O2. The van der Waals surface area contributed by atoms with Gasteiger partial charge in [0.1, 0.15) is 0 Å². The number of carbonyl (C=O) groups excluding carboxylic acids is 2. The molecule has 0 aliphatic heterocycles. The first kappa shape index (κ1) is 19.7. The minimum Gasteiger partial charge on any atom is -0.326 e. The molecule has 2 N–H and O–H groups in total. The number of nitrogens with one attached hydrogen (secondary N) is 2. The van der Waals surface area contributed by atoms with Crippen LogP contribution in [0.5, 0.6) is 0 Å². The summed E-state index contributed by atoms with van der Waals surface area (Å²) in [5, 5.41) is 5.91. The third-order valence-corrected chi connectivity index (χ3v) is 4.29. The smallest absolute Gasteiger partial charge is 0.224 e. The number of hydrogen-bond acceptors (Lipinski definition) is 2. The zero-order valence-electron chi connectivity index (χ0n) is 16.1. The van der Waals surface area contributed by atoms with Crippen LogP contribution < -0.4 is 10.6 Å². The summed E-state index contributed by atoms with van der Waals surface area (Å²) in [7, 11) is 0. The van der Waals surface area contributed by atoms with Gasteiger partial charge in [-0.3, -0.25) is 9.59 Å². The maximum Gasteiger partial charge on any atom is 0.224 e. The van der Waals surface area contributed by atoms with E-state index in [9.17, 15) is 9.59 Å². The summed E-state index contributed by atoms with van der Waals surface area (Å²) in [6.07, 6.45) is 2.74. The van der Waals surface area contributed by atoms with Gasteiger partial charge in [-0.15, -0.1) is 0 Å². The van der Waals surface area contributed by atoms with E-state index in [-0.39, 0.29) is 11.8 Å². The fourth-order valence-corrected chi connectivity index (χ4v) is 2.85. The zero-order chi connectivity index (χ0) is 19.1. The average molecular weight is 352 g/mol. The second-order valence-corrected chi connectivity index (χ2v) is 6.66. The number of anilines is 2. The first-order chi connectivity index (χ1) is 12.4. The monoisotopic (exact) mass is 352 g/mol. The van der Waals surface area contributed by atoms with Crippen LogP contribution in [0, 0.1) is 13.8 Å². The lowest BCUT2D eigenvalue weighted by atomic mass is 10.00. The van der Waals surface area contributed by atoms with Crippen molar-refractivity contribution in [1.82, 2.24) is 0 Å². The van der Waals surface area contributed by atoms with Gasteiger partial charge in [-0.05, 0) is 73.2 Å². The van der Waals surface area contributed by atoms with Crippen molar-refractivity contribution in [3.8, 4) is 11.1 Å². The van der Waals surface area contributed by atoms with Crippen LogP contribution in [0.25, 0.3) is 11.1 Å². The van der Waals surface area contributed by atoms with Crippen LogP contribution in [0.15, 0.2) is 36.4 Å². The van der Waals surface area contributed by atoms with Crippen molar-refractivity contribution < 1.29 is 9.59 Å². The van der Waals surface area contributed by atoms with Gasteiger partial charge in [0.25, 0.3) is 0 Å². The van der Waals surface area contributed by atoms with E-state index in [1.165, 1.54) is 0 Å². The lowest BCUT2D eigenvalue weighted by molar-refractivity contribution is -0.117. The van der Waals surface area contributed by atoms with Gasteiger partial charge in [0.15, 0.2) is 0 Å². The number of amides is 2. The lowest BCUT2D eigenvalue weighted by Crippen LogP contribution is -2.11. The molecule has 2 aromatic rings. The van der Waals surface area contributed by atoms with E-state index in [0.717, 1.165) is 46.5 Å². The molecule has 0 bridgehead atoms. The summed E-state index contributed by atoms with van der Waals surface area (Å²) in [5.41, 5.74) is 5.95. The van der Waals surface area contributed by atoms with Gasteiger partial charge >= 0.3 is 0 Å². The fraction of sp³-hybridized carbons (Fsp3) is 0.364. The van der Waals surface area contributed by atoms with E-state index in [4.69, 9.17) is 0 Å². The Labute approximate surface area is 156 Å². The molecule has 138 valence electrons. The molecule has 0 saturated carbocycles. The van der Waals surface area contributed by atoms with Crippen molar-refractivity contribution >= 4 is 23.2 Å². The average Bonchev–Trinajstić information content (AvgIpc) is 2.59. The molecule has 0 spiro atoms. The quantitative estimate of drug-likeness (QED) is 0.696. The van der Waals surface area contributed by atoms with E-state index in [1.807, 2.05) is 52.0 Å². The van der Waals surface area contributed by atoms with Crippen molar-refractivity contribution in [2.45, 2.75) is 53.4 Å². The molecule has 0 radical (unpaired) electrons. The third kappa shape index (κ3) is 5.19. The number of carbonyl (C=O) groups is 2. The molecule has 2 amide bonds. The summed E-state index contributed by atoms with van der Waals surface area (Å²) in [4.78, 5) is 23.6. The number of aryl methyl sites for hydroxylation is 2. The Hall–Kier alpha value is -2.62. The highest BCUT2D eigenvalue weighted by molar-refractivity contribution is 5.93. The normalized spacial score (nSPS) is 10.5. The van der Waals surface area contributed by atoms with Gasteiger partial charge in [-0.1, -0.05) is 26.0 Å². The molecular weight excluding hydrogens is 324 g/mol. The second kappa shape index (κ2) is 9.18. The van der Waals surface area contributed by atoms with Crippen molar-refractivity contribution in [3.05, 3.63) is 47.5 Å². The molecule has 0 unspecified atom stereocenters. The Balaban J connectivity index is 2.18.